The Hall–Kier alpha value is -1.30. The summed E-state index contributed by atoms with van der Waals surface area (Å²) in [6.07, 6.45) is 4.01. The Morgan fingerprint density at radius 1 is 1.65 bits per heavy atom. The summed E-state index contributed by atoms with van der Waals surface area (Å²) in [4.78, 5) is 28.6. The average molecular weight is 253 g/mol. The minimum atomic E-state index is 0.0912. The lowest BCUT2D eigenvalue weighted by atomic mass is 10.1. The van der Waals surface area contributed by atoms with Gasteiger partial charge in [0, 0.05) is 45.1 Å². The van der Waals surface area contributed by atoms with Gasteiger partial charge in [-0.05, 0) is 5.92 Å². The first kappa shape index (κ1) is 12.2. The molecule has 0 spiro atoms. The Kier molecular flexibility index (Phi) is 3.51. The number of nitrogens with zero attached hydrogens (tertiary/aromatic N) is 3. The number of aryl methyl sites for hydroxylation is 1. The van der Waals surface area contributed by atoms with Gasteiger partial charge in [0.1, 0.15) is 0 Å². The molecule has 1 aromatic rings. The third-order valence-electron chi connectivity index (χ3n) is 2.76. The number of hydrogen-bond acceptors (Lipinski definition) is 4. The molecule has 0 aromatic carbocycles. The fourth-order valence-electron chi connectivity index (χ4n) is 1.94. The number of amides is 1. The SMILES string of the molecule is CC(=O)SCC1CC(=O)N(c2nccn2C)C1. The number of aromatic nitrogens is 2. The maximum absolute atomic E-state index is 11.9. The highest BCUT2D eigenvalue weighted by molar-refractivity contribution is 8.13. The summed E-state index contributed by atoms with van der Waals surface area (Å²) in [5.41, 5.74) is 0. The Morgan fingerprint density at radius 2 is 2.41 bits per heavy atom. The molecule has 1 fully saturated rings. The molecule has 1 aromatic heterocycles. The molecule has 1 atom stereocenters. The summed E-state index contributed by atoms with van der Waals surface area (Å²) in [6, 6.07) is 0. The lowest BCUT2D eigenvalue weighted by molar-refractivity contribution is -0.117. The summed E-state index contributed by atoms with van der Waals surface area (Å²) in [5.74, 6) is 1.73. The summed E-state index contributed by atoms with van der Waals surface area (Å²) in [6.45, 7) is 2.21. The second kappa shape index (κ2) is 4.91. The predicted octanol–water partition coefficient (Wildman–Crippen LogP) is 1.05. The van der Waals surface area contributed by atoms with Crippen LogP contribution in [0.5, 0.6) is 0 Å². The minimum absolute atomic E-state index is 0.0912. The van der Waals surface area contributed by atoms with Gasteiger partial charge < -0.3 is 4.57 Å². The second-order valence-electron chi connectivity index (χ2n) is 4.22. The third-order valence-corrected chi connectivity index (χ3v) is 3.81. The van der Waals surface area contributed by atoms with Crippen LogP contribution in [-0.2, 0) is 16.6 Å². The molecule has 1 aliphatic rings. The molecule has 1 aliphatic heterocycles. The zero-order chi connectivity index (χ0) is 12.4. The Bertz CT molecular complexity index is 444. The van der Waals surface area contributed by atoms with Crippen molar-refractivity contribution in [3.63, 3.8) is 0 Å². The maximum Gasteiger partial charge on any atom is 0.229 e. The molecule has 0 radical (unpaired) electrons. The number of carbonyl (C=O) groups excluding carboxylic acids is 2. The monoisotopic (exact) mass is 253 g/mol. The van der Waals surface area contributed by atoms with E-state index in [1.807, 2.05) is 17.8 Å². The van der Waals surface area contributed by atoms with E-state index in [0.717, 1.165) is 0 Å². The van der Waals surface area contributed by atoms with Crippen LogP contribution in [0.25, 0.3) is 0 Å². The van der Waals surface area contributed by atoms with Gasteiger partial charge >= 0.3 is 0 Å². The van der Waals surface area contributed by atoms with Crippen molar-refractivity contribution in [1.29, 1.82) is 0 Å². The largest absolute Gasteiger partial charge is 0.320 e. The van der Waals surface area contributed by atoms with Crippen molar-refractivity contribution < 1.29 is 9.59 Å². The molecule has 2 heterocycles. The van der Waals surface area contributed by atoms with Crippen LogP contribution in [0, 0.1) is 5.92 Å². The number of imidazole rings is 1. The number of rotatable bonds is 3. The van der Waals surface area contributed by atoms with E-state index in [0.29, 0.717) is 24.7 Å². The Balaban J connectivity index is 2.01. The van der Waals surface area contributed by atoms with Gasteiger partial charge in [-0.1, -0.05) is 11.8 Å². The molecule has 17 heavy (non-hydrogen) atoms. The molecule has 5 nitrogen and oxygen atoms in total. The van der Waals surface area contributed by atoms with Gasteiger partial charge in [0.05, 0.1) is 0 Å². The second-order valence-corrected chi connectivity index (χ2v) is 5.41. The van der Waals surface area contributed by atoms with Gasteiger partial charge in [-0.2, -0.15) is 0 Å². The molecular weight excluding hydrogens is 238 g/mol. The molecule has 0 saturated carbocycles. The molecule has 1 unspecified atom stereocenters. The van der Waals surface area contributed by atoms with Crippen LogP contribution in [-0.4, -0.2) is 32.9 Å². The Morgan fingerprint density at radius 3 is 3.00 bits per heavy atom. The van der Waals surface area contributed by atoms with E-state index in [4.69, 9.17) is 0 Å². The van der Waals surface area contributed by atoms with Gasteiger partial charge in [-0.15, -0.1) is 0 Å². The number of thioether (sulfide) groups is 1. The normalized spacial score (nSPS) is 20.0. The maximum atomic E-state index is 11.9. The van der Waals surface area contributed by atoms with E-state index < -0.39 is 0 Å². The van der Waals surface area contributed by atoms with Crippen molar-refractivity contribution in [1.82, 2.24) is 9.55 Å². The molecule has 6 heteroatoms. The first-order chi connectivity index (χ1) is 8.08. The zero-order valence-electron chi connectivity index (χ0n) is 9.92. The Labute approximate surface area is 104 Å². The van der Waals surface area contributed by atoms with E-state index in [2.05, 4.69) is 4.98 Å². The van der Waals surface area contributed by atoms with Crippen LogP contribution < -0.4 is 4.90 Å². The van der Waals surface area contributed by atoms with Crippen LogP contribution in [0.15, 0.2) is 12.4 Å². The molecule has 0 N–H and O–H groups in total. The lowest BCUT2D eigenvalue weighted by Crippen LogP contribution is -2.27. The van der Waals surface area contributed by atoms with Gasteiger partial charge in [0.25, 0.3) is 0 Å². The molecular formula is C11H15N3O2S. The molecule has 0 aliphatic carbocycles. The molecule has 92 valence electrons. The topological polar surface area (TPSA) is 55.2 Å². The van der Waals surface area contributed by atoms with Gasteiger partial charge in [-0.25, -0.2) is 4.98 Å². The first-order valence-electron chi connectivity index (χ1n) is 5.49. The molecule has 0 bridgehead atoms. The fourth-order valence-corrected chi connectivity index (χ4v) is 2.63. The predicted molar refractivity (Wildman–Crippen MR) is 66.8 cm³/mol. The number of carbonyl (C=O) groups is 2. The minimum Gasteiger partial charge on any atom is -0.320 e. The smallest absolute Gasteiger partial charge is 0.229 e. The van der Waals surface area contributed by atoms with Crippen LogP contribution >= 0.6 is 11.8 Å². The summed E-state index contributed by atoms with van der Waals surface area (Å²) < 4.78 is 1.83. The third kappa shape index (κ3) is 2.69. The number of hydrogen-bond donors (Lipinski definition) is 0. The highest BCUT2D eigenvalue weighted by Gasteiger charge is 2.32. The van der Waals surface area contributed by atoms with Crippen molar-refractivity contribution in [2.45, 2.75) is 13.3 Å². The van der Waals surface area contributed by atoms with Crippen molar-refractivity contribution >= 4 is 28.7 Å². The van der Waals surface area contributed by atoms with Crippen molar-refractivity contribution in [3.05, 3.63) is 12.4 Å². The fraction of sp³-hybridized carbons (Fsp3) is 0.545. The lowest BCUT2D eigenvalue weighted by Gasteiger charge is -2.15. The highest BCUT2D eigenvalue weighted by atomic mass is 32.2. The summed E-state index contributed by atoms with van der Waals surface area (Å²) >= 11 is 1.29. The van der Waals surface area contributed by atoms with E-state index in [9.17, 15) is 9.59 Å². The van der Waals surface area contributed by atoms with E-state index >= 15 is 0 Å². The molecule has 1 saturated heterocycles. The summed E-state index contributed by atoms with van der Waals surface area (Å²) in [5, 5.41) is 0.105. The van der Waals surface area contributed by atoms with E-state index in [1.165, 1.54) is 11.8 Å². The van der Waals surface area contributed by atoms with Crippen LogP contribution in [0.4, 0.5) is 5.95 Å². The van der Waals surface area contributed by atoms with E-state index in [-0.39, 0.29) is 16.9 Å². The van der Waals surface area contributed by atoms with Crippen molar-refractivity contribution in [2.75, 3.05) is 17.2 Å². The average Bonchev–Trinajstić information content (AvgIpc) is 2.81. The van der Waals surface area contributed by atoms with Gasteiger partial charge in [0.15, 0.2) is 5.12 Å². The quantitative estimate of drug-likeness (QED) is 0.808. The summed E-state index contributed by atoms with van der Waals surface area (Å²) in [7, 11) is 1.87. The first-order valence-corrected chi connectivity index (χ1v) is 6.47. The van der Waals surface area contributed by atoms with E-state index in [1.54, 1.807) is 18.0 Å². The van der Waals surface area contributed by atoms with Crippen molar-refractivity contribution in [2.24, 2.45) is 13.0 Å². The van der Waals surface area contributed by atoms with Gasteiger partial charge in [0.2, 0.25) is 11.9 Å². The van der Waals surface area contributed by atoms with Gasteiger partial charge in [-0.3, -0.25) is 14.5 Å². The zero-order valence-corrected chi connectivity index (χ0v) is 10.7. The standard InChI is InChI=1S/C11H15N3O2S/c1-8(15)17-7-9-5-10(16)14(6-9)11-12-3-4-13(11)2/h3-4,9H,5-7H2,1-2H3. The van der Waals surface area contributed by atoms with Crippen LogP contribution in [0.1, 0.15) is 13.3 Å². The molecule has 2 rings (SSSR count). The van der Waals surface area contributed by atoms with Crippen LogP contribution in [0.3, 0.4) is 0 Å². The molecule has 1 amide bonds. The highest BCUT2D eigenvalue weighted by Crippen LogP contribution is 2.25. The van der Waals surface area contributed by atoms with Crippen LogP contribution in [0.2, 0.25) is 0 Å². The van der Waals surface area contributed by atoms with Crippen molar-refractivity contribution in [3.8, 4) is 0 Å². The number of anilines is 1.